The first kappa shape index (κ1) is 13.8. The van der Waals surface area contributed by atoms with Crippen molar-refractivity contribution in [2.45, 2.75) is 20.3 Å². The van der Waals surface area contributed by atoms with Crippen molar-refractivity contribution in [3.8, 4) is 0 Å². The molecule has 0 atom stereocenters. The molecule has 17 heavy (non-hydrogen) atoms. The highest BCUT2D eigenvalue weighted by Crippen LogP contribution is 2.18. The van der Waals surface area contributed by atoms with Crippen LogP contribution in [0.1, 0.15) is 31.4 Å². The van der Waals surface area contributed by atoms with Gasteiger partial charge in [0.25, 0.3) is 6.43 Å². The Balaban J connectivity index is 2.38. The van der Waals surface area contributed by atoms with E-state index < -0.39 is 6.43 Å². The average Bonchev–Trinajstić information content (AvgIpc) is 2.29. The molecule has 0 aliphatic rings. The molecular formula is C14H19F2N. The molecular weight excluding hydrogens is 220 g/mol. The summed E-state index contributed by atoms with van der Waals surface area (Å²) in [6, 6.07) is 6.35. The first-order chi connectivity index (χ1) is 8.09. The molecule has 0 spiro atoms. The molecule has 0 saturated heterocycles. The second-order valence-electron chi connectivity index (χ2n) is 4.42. The maximum absolute atomic E-state index is 12.3. The van der Waals surface area contributed by atoms with Crippen molar-refractivity contribution in [3.63, 3.8) is 0 Å². The van der Waals surface area contributed by atoms with E-state index >= 15 is 0 Å². The van der Waals surface area contributed by atoms with Gasteiger partial charge in [-0.2, -0.15) is 0 Å². The van der Waals surface area contributed by atoms with Crippen LogP contribution >= 0.6 is 0 Å². The second kappa shape index (κ2) is 7.17. The van der Waals surface area contributed by atoms with Crippen molar-refractivity contribution in [1.29, 1.82) is 0 Å². The summed E-state index contributed by atoms with van der Waals surface area (Å²) in [6.07, 6.45) is 1.54. The van der Waals surface area contributed by atoms with Crippen molar-refractivity contribution in [2.24, 2.45) is 5.92 Å². The Labute approximate surface area is 102 Å². The fourth-order valence-electron chi connectivity index (χ4n) is 1.40. The molecule has 94 valence electrons. The van der Waals surface area contributed by atoms with Crippen molar-refractivity contribution < 1.29 is 8.78 Å². The zero-order chi connectivity index (χ0) is 12.7. The van der Waals surface area contributed by atoms with E-state index in [1.165, 1.54) is 12.1 Å². The minimum Gasteiger partial charge on any atom is -0.313 e. The number of halogens is 2. The molecule has 0 aliphatic heterocycles. The molecule has 1 aromatic carbocycles. The largest absolute Gasteiger partial charge is 0.313 e. The number of alkyl halides is 2. The van der Waals surface area contributed by atoms with Gasteiger partial charge in [0.15, 0.2) is 0 Å². The fraction of sp³-hybridized carbons (Fsp3) is 0.429. The SMILES string of the molecule is CC(C)CNC/C=C/c1ccc(C(F)F)cc1. The van der Waals surface area contributed by atoms with E-state index in [0.717, 1.165) is 18.7 Å². The number of nitrogens with one attached hydrogen (secondary N) is 1. The van der Waals surface area contributed by atoms with Crippen LogP contribution in [0.25, 0.3) is 6.08 Å². The second-order valence-corrected chi connectivity index (χ2v) is 4.42. The van der Waals surface area contributed by atoms with Gasteiger partial charge in [0.1, 0.15) is 0 Å². The van der Waals surface area contributed by atoms with Crippen LogP contribution in [-0.2, 0) is 0 Å². The van der Waals surface area contributed by atoms with Gasteiger partial charge in [-0.15, -0.1) is 0 Å². The fourth-order valence-corrected chi connectivity index (χ4v) is 1.40. The normalized spacial score (nSPS) is 11.9. The van der Waals surface area contributed by atoms with Gasteiger partial charge in [0.05, 0.1) is 0 Å². The molecule has 3 heteroatoms. The zero-order valence-corrected chi connectivity index (χ0v) is 10.3. The maximum atomic E-state index is 12.3. The first-order valence-electron chi connectivity index (χ1n) is 5.85. The Morgan fingerprint density at radius 3 is 2.35 bits per heavy atom. The molecule has 0 aromatic heterocycles. The molecule has 0 bridgehead atoms. The summed E-state index contributed by atoms with van der Waals surface area (Å²) >= 11 is 0. The van der Waals surface area contributed by atoms with Gasteiger partial charge < -0.3 is 5.32 Å². The molecule has 0 fully saturated rings. The van der Waals surface area contributed by atoms with Crippen LogP contribution in [-0.4, -0.2) is 13.1 Å². The van der Waals surface area contributed by atoms with Gasteiger partial charge in [0, 0.05) is 12.1 Å². The van der Waals surface area contributed by atoms with E-state index in [1.807, 2.05) is 12.2 Å². The minimum absolute atomic E-state index is 0.0695. The highest BCUT2D eigenvalue weighted by molar-refractivity contribution is 5.49. The highest BCUT2D eigenvalue weighted by atomic mass is 19.3. The van der Waals surface area contributed by atoms with E-state index in [0.29, 0.717) is 5.92 Å². The molecule has 1 nitrogen and oxygen atoms in total. The van der Waals surface area contributed by atoms with Crippen LogP contribution in [0.15, 0.2) is 30.3 Å². The number of benzene rings is 1. The monoisotopic (exact) mass is 239 g/mol. The lowest BCUT2D eigenvalue weighted by atomic mass is 10.1. The van der Waals surface area contributed by atoms with Crippen molar-refractivity contribution in [2.75, 3.05) is 13.1 Å². The smallest absolute Gasteiger partial charge is 0.263 e. The molecule has 0 heterocycles. The standard InChI is InChI=1S/C14H19F2N/c1-11(2)10-17-9-3-4-12-5-7-13(8-6-12)14(15)16/h3-8,11,14,17H,9-10H2,1-2H3/b4-3+. The summed E-state index contributed by atoms with van der Waals surface area (Å²) in [5, 5.41) is 3.28. The summed E-state index contributed by atoms with van der Waals surface area (Å²) in [4.78, 5) is 0. The summed E-state index contributed by atoms with van der Waals surface area (Å²) < 4.78 is 24.6. The lowest BCUT2D eigenvalue weighted by Crippen LogP contribution is -2.19. The van der Waals surface area contributed by atoms with E-state index in [2.05, 4.69) is 19.2 Å². The number of rotatable bonds is 6. The first-order valence-corrected chi connectivity index (χ1v) is 5.85. The summed E-state index contributed by atoms with van der Waals surface area (Å²) in [7, 11) is 0. The topological polar surface area (TPSA) is 12.0 Å². The molecule has 1 rings (SSSR count). The Kier molecular flexibility index (Phi) is 5.84. The van der Waals surface area contributed by atoms with Crippen LogP contribution in [0.2, 0.25) is 0 Å². The van der Waals surface area contributed by atoms with Gasteiger partial charge in [-0.1, -0.05) is 50.3 Å². The van der Waals surface area contributed by atoms with E-state index in [-0.39, 0.29) is 5.56 Å². The minimum atomic E-state index is -2.39. The van der Waals surface area contributed by atoms with Crippen LogP contribution in [0.3, 0.4) is 0 Å². The summed E-state index contributed by atoms with van der Waals surface area (Å²) in [5.41, 5.74) is 1.01. The number of hydrogen-bond acceptors (Lipinski definition) is 1. The van der Waals surface area contributed by atoms with E-state index in [1.54, 1.807) is 12.1 Å². The lowest BCUT2D eigenvalue weighted by Gasteiger charge is -2.03. The Hall–Kier alpha value is -1.22. The Morgan fingerprint density at radius 2 is 1.82 bits per heavy atom. The summed E-state index contributed by atoms with van der Waals surface area (Å²) in [6.45, 7) is 6.09. The molecule has 0 radical (unpaired) electrons. The predicted octanol–water partition coefficient (Wildman–Crippen LogP) is 3.88. The molecule has 0 saturated carbocycles. The molecule has 1 aromatic rings. The van der Waals surface area contributed by atoms with Crippen molar-refractivity contribution in [1.82, 2.24) is 5.32 Å². The van der Waals surface area contributed by atoms with Crippen LogP contribution < -0.4 is 5.32 Å². The Bertz CT molecular complexity index is 342. The summed E-state index contributed by atoms with van der Waals surface area (Å²) in [5.74, 6) is 0.633. The van der Waals surface area contributed by atoms with Crippen molar-refractivity contribution >= 4 is 6.08 Å². The molecule has 0 amide bonds. The molecule has 1 N–H and O–H groups in total. The van der Waals surface area contributed by atoms with Crippen LogP contribution in [0, 0.1) is 5.92 Å². The third kappa shape index (κ3) is 5.59. The third-order valence-electron chi connectivity index (χ3n) is 2.31. The highest BCUT2D eigenvalue weighted by Gasteiger charge is 2.04. The van der Waals surface area contributed by atoms with Gasteiger partial charge in [-0.05, 0) is 18.0 Å². The molecule has 0 unspecified atom stereocenters. The predicted molar refractivity (Wildman–Crippen MR) is 68.1 cm³/mol. The quantitative estimate of drug-likeness (QED) is 0.743. The lowest BCUT2D eigenvalue weighted by molar-refractivity contribution is 0.151. The van der Waals surface area contributed by atoms with Crippen LogP contribution in [0.5, 0.6) is 0 Å². The maximum Gasteiger partial charge on any atom is 0.263 e. The Morgan fingerprint density at radius 1 is 1.18 bits per heavy atom. The van der Waals surface area contributed by atoms with Crippen LogP contribution in [0.4, 0.5) is 8.78 Å². The zero-order valence-electron chi connectivity index (χ0n) is 10.3. The van der Waals surface area contributed by atoms with Gasteiger partial charge in [0.2, 0.25) is 0 Å². The third-order valence-corrected chi connectivity index (χ3v) is 2.31. The van der Waals surface area contributed by atoms with E-state index in [9.17, 15) is 8.78 Å². The number of hydrogen-bond donors (Lipinski definition) is 1. The average molecular weight is 239 g/mol. The van der Waals surface area contributed by atoms with Gasteiger partial charge >= 0.3 is 0 Å². The molecule has 0 aliphatic carbocycles. The van der Waals surface area contributed by atoms with Crippen molar-refractivity contribution in [3.05, 3.63) is 41.5 Å². The van der Waals surface area contributed by atoms with Gasteiger partial charge in [-0.3, -0.25) is 0 Å². The van der Waals surface area contributed by atoms with Gasteiger partial charge in [-0.25, -0.2) is 8.78 Å². The van der Waals surface area contributed by atoms with E-state index in [4.69, 9.17) is 0 Å².